The summed E-state index contributed by atoms with van der Waals surface area (Å²) < 4.78 is 37.8. The molecule has 0 saturated heterocycles. The number of hydrogen-bond donors (Lipinski definition) is 2. The molecule has 1 aliphatic rings. The number of nitrogens with one attached hydrogen (secondary N) is 2. The lowest BCUT2D eigenvalue weighted by molar-refractivity contribution is -0.137. The molecule has 0 aromatic heterocycles. The fraction of sp³-hybridized carbons (Fsp3) is 0.364. The molecule has 1 atom stereocenters. The second kappa shape index (κ2) is 9.19. The third kappa shape index (κ3) is 5.75. The topological polar surface area (TPSA) is 61.4 Å². The summed E-state index contributed by atoms with van der Waals surface area (Å²) in [5.74, 6) is -0.157. The van der Waals surface area contributed by atoms with Gasteiger partial charge < -0.3 is 15.5 Å². The Labute approximate surface area is 173 Å². The lowest BCUT2D eigenvalue weighted by Crippen LogP contribution is -2.47. The van der Waals surface area contributed by atoms with E-state index in [4.69, 9.17) is 0 Å². The van der Waals surface area contributed by atoms with Gasteiger partial charge >= 0.3 is 12.2 Å². The summed E-state index contributed by atoms with van der Waals surface area (Å²) in [6.07, 6.45) is -3.20. The predicted molar refractivity (Wildman–Crippen MR) is 107 cm³/mol. The summed E-state index contributed by atoms with van der Waals surface area (Å²) >= 11 is 0. The highest BCUT2D eigenvalue weighted by Crippen LogP contribution is 2.29. The molecule has 2 aromatic rings. The van der Waals surface area contributed by atoms with Crippen molar-refractivity contribution in [3.63, 3.8) is 0 Å². The quantitative estimate of drug-likeness (QED) is 0.779. The predicted octanol–water partition coefficient (Wildman–Crippen LogP) is 3.52. The molecule has 0 bridgehead atoms. The number of hydrogen-bond acceptors (Lipinski definition) is 2. The van der Waals surface area contributed by atoms with E-state index in [0.29, 0.717) is 25.1 Å². The van der Waals surface area contributed by atoms with Gasteiger partial charge in [0, 0.05) is 19.1 Å². The van der Waals surface area contributed by atoms with Crippen LogP contribution in [0.1, 0.15) is 29.2 Å². The molecule has 1 unspecified atom stereocenters. The van der Waals surface area contributed by atoms with Crippen molar-refractivity contribution in [3.05, 3.63) is 70.8 Å². The minimum Gasteiger partial charge on any atom is -0.336 e. The average molecular weight is 419 g/mol. The van der Waals surface area contributed by atoms with E-state index in [9.17, 15) is 22.8 Å². The first-order chi connectivity index (χ1) is 14.2. The molecule has 0 spiro atoms. The molecular formula is C22H24F3N3O2. The molecule has 0 radical (unpaired) electrons. The number of alkyl halides is 3. The van der Waals surface area contributed by atoms with Gasteiger partial charge in [-0.25, -0.2) is 4.79 Å². The summed E-state index contributed by atoms with van der Waals surface area (Å²) in [6.45, 7) is 2.79. The number of halogens is 3. The third-order valence-corrected chi connectivity index (χ3v) is 5.08. The third-order valence-electron chi connectivity index (χ3n) is 5.08. The molecule has 2 aromatic carbocycles. The fourth-order valence-corrected chi connectivity index (χ4v) is 3.49. The Bertz CT molecular complexity index is 897. The standard InChI is InChI=1S/C22H24F3N3O2/c1-15(12-16-6-8-19(9-7-16)22(23,24)25)27-21(30)26-13-20(29)28-11-10-17-4-2-3-5-18(17)14-28/h2-9,15H,10-14H2,1H3,(H2,26,27,30). The van der Waals surface area contributed by atoms with Gasteiger partial charge in [0.2, 0.25) is 5.91 Å². The van der Waals surface area contributed by atoms with E-state index >= 15 is 0 Å². The van der Waals surface area contributed by atoms with Crippen LogP contribution in [0.15, 0.2) is 48.5 Å². The summed E-state index contributed by atoms with van der Waals surface area (Å²) in [5, 5.41) is 5.26. The van der Waals surface area contributed by atoms with Crippen LogP contribution >= 0.6 is 0 Å². The number of urea groups is 1. The Morgan fingerprint density at radius 1 is 1.07 bits per heavy atom. The molecule has 3 rings (SSSR count). The van der Waals surface area contributed by atoms with Crippen molar-refractivity contribution in [3.8, 4) is 0 Å². The molecular weight excluding hydrogens is 395 g/mol. The minimum atomic E-state index is -4.37. The summed E-state index contributed by atoms with van der Waals surface area (Å²) in [4.78, 5) is 26.2. The number of rotatable bonds is 5. The molecule has 1 aliphatic heterocycles. The molecule has 0 aliphatic carbocycles. The number of benzene rings is 2. The van der Waals surface area contributed by atoms with Crippen molar-refractivity contribution in [1.82, 2.24) is 15.5 Å². The molecule has 30 heavy (non-hydrogen) atoms. The van der Waals surface area contributed by atoms with Crippen molar-refractivity contribution in [1.29, 1.82) is 0 Å². The van der Waals surface area contributed by atoms with Crippen LogP contribution < -0.4 is 10.6 Å². The van der Waals surface area contributed by atoms with Crippen LogP contribution in [0.5, 0.6) is 0 Å². The van der Waals surface area contributed by atoms with Gasteiger partial charge in [0.25, 0.3) is 0 Å². The first-order valence-electron chi connectivity index (χ1n) is 9.77. The number of carbonyl (C=O) groups is 2. The van der Waals surface area contributed by atoms with Gasteiger partial charge in [-0.15, -0.1) is 0 Å². The number of fused-ring (bicyclic) bond motifs is 1. The van der Waals surface area contributed by atoms with Gasteiger partial charge in [-0.05, 0) is 48.6 Å². The summed E-state index contributed by atoms with van der Waals surface area (Å²) in [6, 6.07) is 12.0. The maximum absolute atomic E-state index is 12.6. The van der Waals surface area contributed by atoms with E-state index in [2.05, 4.69) is 16.7 Å². The van der Waals surface area contributed by atoms with Gasteiger partial charge in [-0.2, -0.15) is 13.2 Å². The average Bonchev–Trinajstić information content (AvgIpc) is 2.71. The Kier molecular flexibility index (Phi) is 6.64. The van der Waals surface area contributed by atoms with E-state index in [1.54, 1.807) is 11.8 Å². The first kappa shape index (κ1) is 21.7. The van der Waals surface area contributed by atoms with Crippen LogP contribution in [0.3, 0.4) is 0 Å². The van der Waals surface area contributed by atoms with Crippen molar-refractivity contribution < 1.29 is 22.8 Å². The zero-order valence-electron chi connectivity index (χ0n) is 16.6. The largest absolute Gasteiger partial charge is 0.416 e. The van der Waals surface area contributed by atoms with Crippen molar-refractivity contribution in [2.45, 2.75) is 38.5 Å². The van der Waals surface area contributed by atoms with E-state index in [0.717, 1.165) is 24.1 Å². The molecule has 0 fully saturated rings. The number of carbonyl (C=O) groups excluding carboxylic acids is 2. The lowest BCUT2D eigenvalue weighted by Gasteiger charge is -2.29. The molecule has 1 heterocycles. The van der Waals surface area contributed by atoms with Gasteiger partial charge in [0.15, 0.2) is 0 Å². The second-order valence-corrected chi connectivity index (χ2v) is 7.46. The number of nitrogens with zero attached hydrogens (tertiary/aromatic N) is 1. The van der Waals surface area contributed by atoms with E-state index in [-0.39, 0.29) is 18.5 Å². The molecule has 0 saturated carbocycles. The first-order valence-corrected chi connectivity index (χ1v) is 9.77. The summed E-state index contributed by atoms with van der Waals surface area (Å²) in [7, 11) is 0. The van der Waals surface area contributed by atoms with Gasteiger partial charge in [-0.3, -0.25) is 4.79 Å². The van der Waals surface area contributed by atoms with E-state index < -0.39 is 17.8 Å². The monoisotopic (exact) mass is 419 g/mol. The van der Waals surface area contributed by atoms with Crippen molar-refractivity contribution in [2.24, 2.45) is 0 Å². The minimum absolute atomic E-state index is 0.110. The molecule has 2 N–H and O–H groups in total. The van der Waals surface area contributed by atoms with Crippen LogP contribution in [-0.4, -0.2) is 36.0 Å². The highest BCUT2D eigenvalue weighted by molar-refractivity contribution is 5.84. The fourth-order valence-electron chi connectivity index (χ4n) is 3.49. The Morgan fingerprint density at radius 3 is 2.40 bits per heavy atom. The number of amides is 3. The van der Waals surface area contributed by atoms with Gasteiger partial charge in [0.05, 0.1) is 12.1 Å². The van der Waals surface area contributed by atoms with Crippen LogP contribution in [0.25, 0.3) is 0 Å². The maximum atomic E-state index is 12.6. The molecule has 160 valence electrons. The Balaban J connectivity index is 1.42. The zero-order valence-corrected chi connectivity index (χ0v) is 16.6. The second-order valence-electron chi connectivity index (χ2n) is 7.46. The van der Waals surface area contributed by atoms with Crippen LogP contribution in [-0.2, 0) is 30.4 Å². The smallest absolute Gasteiger partial charge is 0.336 e. The normalized spacial score (nSPS) is 14.6. The van der Waals surface area contributed by atoms with Crippen LogP contribution in [0.2, 0.25) is 0 Å². The summed E-state index contributed by atoms with van der Waals surface area (Å²) in [5.41, 5.74) is 2.33. The zero-order chi connectivity index (χ0) is 21.7. The molecule has 3 amide bonds. The Morgan fingerprint density at radius 2 is 1.73 bits per heavy atom. The van der Waals surface area contributed by atoms with Crippen LogP contribution in [0.4, 0.5) is 18.0 Å². The van der Waals surface area contributed by atoms with E-state index in [1.165, 1.54) is 17.7 Å². The highest BCUT2D eigenvalue weighted by atomic mass is 19.4. The Hall–Kier alpha value is -3.03. The van der Waals surface area contributed by atoms with Gasteiger partial charge in [0.1, 0.15) is 0 Å². The van der Waals surface area contributed by atoms with Crippen LogP contribution in [0, 0.1) is 0 Å². The van der Waals surface area contributed by atoms with Crippen molar-refractivity contribution in [2.75, 3.05) is 13.1 Å². The maximum Gasteiger partial charge on any atom is 0.416 e. The van der Waals surface area contributed by atoms with Crippen molar-refractivity contribution >= 4 is 11.9 Å². The highest BCUT2D eigenvalue weighted by Gasteiger charge is 2.30. The molecule has 8 heteroatoms. The SMILES string of the molecule is CC(Cc1ccc(C(F)(F)F)cc1)NC(=O)NCC(=O)N1CCc2ccccc2C1. The van der Waals surface area contributed by atoms with Gasteiger partial charge in [-0.1, -0.05) is 36.4 Å². The molecule has 5 nitrogen and oxygen atoms in total. The van der Waals surface area contributed by atoms with E-state index in [1.807, 2.05) is 18.2 Å². The lowest BCUT2D eigenvalue weighted by atomic mass is 10.00.